The van der Waals surface area contributed by atoms with Gasteiger partial charge in [0.15, 0.2) is 18.1 Å². The molecule has 1 fully saturated rings. The molecule has 0 radical (unpaired) electrons. The third-order valence-electron chi connectivity index (χ3n) is 3.27. The van der Waals surface area contributed by atoms with E-state index in [1.54, 1.807) is 18.2 Å². The highest BCUT2D eigenvalue weighted by Crippen LogP contribution is 2.37. The molecular weight excluding hydrogens is 426 g/mol. The molecular formula is C17H14BrNO6S. The zero-order valence-electron chi connectivity index (χ0n) is 13.9. The highest BCUT2D eigenvalue weighted by Gasteiger charge is 2.34. The molecule has 0 N–H and O–H groups in total. The molecule has 2 amide bonds. The number of rotatable bonds is 6. The first-order chi connectivity index (χ1) is 12.4. The van der Waals surface area contributed by atoms with Gasteiger partial charge >= 0.3 is 5.97 Å². The van der Waals surface area contributed by atoms with Gasteiger partial charge in [-0.1, -0.05) is 21.9 Å². The Labute approximate surface area is 162 Å². The first-order valence-electron chi connectivity index (χ1n) is 7.17. The summed E-state index contributed by atoms with van der Waals surface area (Å²) in [5, 5.41) is -0.416. The fraction of sp³-hybridized carbons (Fsp3) is 0.235. The van der Waals surface area contributed by atoms with Crippen molar-refractivity contribution in [1.82, 2.24) is 4.90 Å². The van der Waals surface area contributed by atoms with Crippen LogP contribution in [0.5, 0.6) is 11.5 Å². The summed E-state index contributed by atoms with van der Waals surface area (Å²) in [5.41, 5.74) is 0.596. The van der Waals surface area contributed by atoms with Crippen LogP contribution in [-0.2, 0) is 14.3 Å². The Hall–Kier alpha value is -2.44. The average molecular weight is 440 g/mol. The van der Waals surface area contributed by atoms with E-state index in [-0.39, 0.29) is 18.1 Å². The van der Waals surface area contributed by atoms with Crippen molar-refractivity contribution in [2.75, 3.05) is 27.4 Å². The number of nitrogens with zero attached hydrogens (tertiary/aromatic N) is 1. The molecule has 0 bridgehead atoms. The lowest BCUT2D eigenvalue weighted by molar-refractivity contribution is -0.142. The van der Waals surface area contributed by atoms with E-state index in [1.165, 1.54) is 14.2 Å². The van der Waals surface area contributed by atoms with Crippen LogP contribution >= 0.6 is 27.7 Å². The van der Waals surface area contributed by atoms with E-state index < -0.39 is 17.1 Å². The third kappa shape index (κ3) is 4.39. The number of benzene rings is 1. The lowest BCUT2D eigenvalue weighted by Crippen LogP contribution is -2.28. The molecule has 1 aromatic carbocycles. The minimum Gasteiger partial charge on any atom is -0.493 e. The summed E-state index contributed by atoms with van der Waals surface area (Å²) >= 11 is 4.18. The number of amides is 2. The summed E-state index contributed by atoms with van der Waals surface area (Å²) in [6.45, 7) is -0.351. The van der Waals surface area contributed by atoms with Crippen molar-refractivity contribution in [2.45, 2.75) is 0 Å². The molecule has 26 heavy (non-hydrogen) atoms. The number of methoxy groups -OCH3 is 2. The van der Waals surface area contributed by atoms with E-state index in [4.69, 9.17) is 15.9 Å². The SMILES string of the molecule is C#CCN1C(=O)SC(=Cc2cc(OC)c(OCC(=O)OC)cc2Br)C1=O. The molecule has 0 atom stereocenters. The number of carbonyl (C=O) groups is 3. The van der Waals surface area contributed by atoms with Crippen LogP contribution in [0.15, 0.2) is 21.5 Å². The lowest BCUT2D eigenvalue weighted by atomic mass is 10.2. The monoisotopic (exact) mass is 439 g/mol. The zero-order chi connectivity index (χ0) is 19.3. The molecule has 136 valence electrons. The van der Waals surface area contributed by atoms with Gasteiger partial charge in [0, 0.05) is 4.47 Å². The highest BCUT2D eigenvalue weighted by molar-refractivity contribution is 9.10. The molecule has 1 heterocycles. The van der Waals surface area contributed by atoms with Gasteiger partial charge in [0.2, 0.25) is 0 Å². The Balaban J connectivity index is 2.31. The van der Waals surface area contributed by atoms with Crippen molar-refractivity contribution in [2.24, 2.45) is 0 Å². The summed E-state index contributed by atoms with van der Waals surface area (Å²) in [5.74, 6) is 1.97. The van der Waals surface area contributed by atoms with E-state index in [2.05, 4.69) is 26.6 Å². The van der Waals surface area contributed by atoms with Gasteiger partial charge in [0.05, 0.1) is 25.7 Å². The first-order valence-corrected chi connectivity index (χ1v) is 8.78. The minimum atomic E-state index is -0.533. The molecule has 9 heteroatoms. The molecule has 0 spiro atoms. The van der Waals surface area contributed by atoms with Crippen LogP contribution in [0.1, 0.15) is 5.56 Å². The predicted molar refractivity (Wildman–Crippen MR) is 99.7 cm³/mol. The van der Waals surface area contributed by atoms with Crippen molar-refractivity contribution >= 4 is 50.9 Å². The Morgan fingerprint density at radius 3 is 2.69 bits per heavy atom. The summed E-state index contributed by atoms with van der Waals surface area (Å²) in [7, 11) is 2.70. The van der Waals surface area contributed by atoms with E-state index in [9.17, 15) is 14.4 Å². The van der Waals surface area contributed by atoms with Crippen LogP contribution < -0.4 is 9.47 Å². The van der Waals surface area contributed by atoms with E-state index >= 15 is 0 Å². The topological polar surface area (TPSA) is 82.1 Å². The van der Waals surface area contributed by atoms with Crippen molar-refractivity contribution in [3.8, 4) is 23.8 Å². The average Bonchev–Trinajstić information content (AvgIpc) is 2.89. The fourth-order valence-electron chi connectivity index (χ4n) is 2.00. The Bertz CT molecular complexity index is 829. The molecule has 1 aromatic rings. The summed E-state index contributed by atoms with van der Waals surface area (Å²) in [6.07, 6.45) is 6.73. The number of hydrogen-bond donors (Lipinski definition) is 0. The molecule has 0 unspecified atom stereocenters. The molecule has 1 aliphatic rings. The molecule has 2 rings (SSSR count). The standard InChI is InChI=1S/C17H14BrNO6S/c1-4-5-19-16(21)14(26-17(19)22)7-10-6-12(23-2)13(8-11(10)18)25-9-15(20)24-3/h1,6-8H,5,9H2,2-3H3. The fourth-order valence-corrected chi connectivity index (χ4v) is 3.26. The number of ether oxygens (including phenoxy) is 3. The van der Waals surface area contributed by atoms with Gasteiger partial charge in [-0.05, 0) is 35.5 Å². The van der Waals surface area contributed by atoms with Crippen LogP contribution in [0.25, 0.3) is 6.08 Å². The van der Waals surface area contributed by atoms with Gasteiger partial charge in [0.25, 0.3) is 11.1 Å². The van der Waals surface area contributed by atoms with Gasteiger partial charge in [-0.25, -0.2) is 4.79 Å². The van der Waals surface area contributed by atoms with Gasteiger partial charge in [-0.3, -0.25) is 14.5 Å². The number of imide groups is 1. The van der Waals surface area contributed by atoms with Gasteiger partial charge in [0.1, 0.15) is 0 Å². The second-order valence-electron chi connectivity index (χ2n) is 4.86. The van der Waals surface area contributed by atoms with Crippen molar-refractivity contribution in [1.29, 1.82) is 0 Å². The first kappa shape index (κ1) is 19.9. The van der Waals surface area contributed by atoms with Crippen LogP contribution in [-0.4, -0.2) is 49.4 Å². The molecule has 7 nitrogen and oxygen atoms in total. The number of thioether (sulfide) groups is 1. The summed E-state index contributed by atoms with van der Waals surface area (Å²) < 4.78 is 15.7. The number of carbonyl (C=O) groups excluding carboxylic acids is 3. The number of halogens is 1. The van der Waals surface area contributed by atoms with Crippen LogP contribution in [0.4, 0.5) is 4.79 Å². The second kappa shape index (κ2) is 8.78. The predicted octanol–water partition coefficient (Wildman–Crippen LogP) is 2.68. The summed E-state index contributed by atoms with van der Waals surface area (Å²) in [6, 6.07) is 3.21. The van der Waals surface area contributed by atoms with Gasteiger partial charge in [-0.15, -0.1) is 6.42 Å². The lowest BCUT2D eigenvalue weighted by Gasteiger charge is -2.12. The Morgan fingerprint density at radius 2 is 2.08 bits per heavy atom. The van der Waals surface area contributed by atoms with Crippen LogP contribution in [0.2, 0.25) is 0 Å². The van der Waals surface area contributed by atoms with Gasteiger partial charge in [-0.2, -0.15) is 0 Å². The highest BCUT2D eigenvalue weighted by atomic mass is 79.9. The number of terminal acetylenes is 1. The number of hydrogen-bond acceptors (Lipinski definition) is 7. The maximum Gasteiger partial charge on any atom is 0.343 e. The van der Waals surface area contributed by atoms with Crippen LogP contribution in [0, 0.1) is 12.3 Å². The normalized spacial score (nSPS) is 15.2. The van der Waals surface area contributed by atoms with E-state index in [0.717, 1.165) is 16.7 Å². The molecule has 0 saturated carbocycles. The second-order valence-corrected chi connectivity index (χ2v) is 6.71. The Morgan fingerprint density at radius 1 is 1.35 bits per heavy atom. The van der Waals surface area contributed by atoms with E-state index in [1.807, 2.05) is 0 Å². The molecule has 1 aliphatic heterocycles. The maximum absolute atomic E-state index is 12.3. The van der Waals surface area contributed by atoms with Crippen LogP contribution in [0.3, 0.4) is 0 Å². The minimum absolute atomic E-state index is 0.0766. The zero-order valence-corrected chi connectivity index (χ0v) is 16.3. The molecule has 1 saturated heterocycles. The molecule has 0 aliphatic carbocycles. The third-order valence-corrected chi connectivity index (χ3v) is 4.86. The van der Waals surface area contributed by atoms with Crippen molar-refractivity contribution in [3.63, 3.8) is 0 Å². The Kier molecular flexibility index (Phi) is 6.71. The van der Waals surface area contributed by atoms with Gasteiger partial charge < -0.3 is 14.2 Å². The maximum atomic E-state index is 12.3. The summed E-state index contributed by atoms with van der Waals surface area (Å²) in [4.78, 5) is 36.6. The molecule has 0 aromatic heterocycles. The van der Waals surface area contributed by atoms with Crippen molar-refractivity contribution in [3.05, 3.63) is 27.1 Å². The number of esters is 1. The largest absolute Gasteiger partial charge is 0.493 e. The smallest absolute Gasteiger partial charge is 0.343 e. The van der Waals surface area contributed by atoms with E-state index in [0.29, 0.717) is 21.5 Å². The van der Waals surface area contributed by atoms with Crippen molar-refractivity contribution < 1.29 is 28.6 Å². The quantitative estimate of drug-likeness (QED) is 0.382.